The van der Waals surface area contributed by atoms with E-state index in [0.29, 0.717) is 11.1 Å². The summed E-state index contributed by atoms with van der Waals surface area (Å²) in [5.41, 5.74) is 1.06. The molecule has 17 heavy (non-hydrogen) atoms. The van der Waals surface area contributed by atoms with Crippen molar-refractivity contribution in [3.05, 3.63) is 38.9 Å². The Bertz CT molecular complexity index is 536. The van der Waals surface area contributed by atoms with Crippen LogP contribution < -0.4 is 0 Å². The first-order valence-corrected chi connectivity index (χ1v) is 5.09. The van der Waals surface area contributed by atoms with Gasteiger partial charge in [-0.05, 0) is 17.0 Å². The molecule has 0 aliphatic carbocycles. The van der Waals surface area contributed by atoms with E-state index in [1.54, 1.807) is 6.07 Å². The Morgan fingerprint density at radius 2 is 2.06 bits per heavy atom. The van der Waals surface area contributed by atoms with Gasteiger partial charge in [0.1, 0.15) is 11.6 Å². The average molecular weight is 229 g/mol. The van der Waals surface area contributed by atoms with Crippen molar-refractivity contribution < 1.29 is 4.92 Å². The standard InChI is InChI=1S/C12H11N3O2/c1-8(2)10-5-9(3-4-13)6-12(15(16)17)11(10)7-14/h5-6,8H,3H2,1-2H3. The zero-order chi connectivity index (χ0) is 13.0. The van der Waals surface area contributed by atoms with Crippen LogP contribution in [-0.2, 0) is 6.42 Å². The molecule has 0 unspecified atom stereocenters. The minimum absolute atomic E-state index is 0.00185. The quantitative estimate of drug-likeness (QED) is 0.588. The van der Waals surface area contributed by atoms with Crippen molar-refractivity contribution in [2.24, 2.45) is 0 Å². The molecule has 1 aromatic carbocycles. The zero-order valence-electron chi connectivity index (χ0n) is 9.60. The van der Waals surface area contributed by atoms with Gasteiger partial charge in [-0.25, -0.2) is 0 Å². The van der Waals surface area contributed by atoms with Crippen molar-refractivity contribution in [2.45, 2.75) is 26.2 Å². The smallest absolute Gasteiger partial charge is 0.258 e. The fourth-order valence-corrected chi connectivity index (χ4v) is 1.62. The molecule has 0 aliphatic heterocycles. The van der Waals surface area contributed by atoms with Gasteiger partial charge in [-0.3, -0.25) is 10.1 Å². The van der Waals surface area contributed by atoms with Crippen LogP contribution in [0.25, 0.3) is 0 Å². The summed E-state index contributed by atoms with van der Waals surface area (Å²) < 4.78 is 0. The van der Waals surface area contributed by atoms with Gasteiger partial charge in [-0.2, -0.15) is 10.5 Å². The molecule has 1 aromatic rings. The van der Waals surface area contributed by atoms with Crippen LogP contribution in [-0.4, -0.2) is 4.92 Å². The van der Waals surface area contributed by atoms with Gasteiger partial charge >= 0.3 is 0 Å². The highest BCUT2D eigenvalue weighted by molar-refractivity contribution is 5.56. The first-order chi connectivity index (χ1) is 8.01. The zero-order valence-corrected chi connectivity index (χ0v) is 9.60. The Morgan fingerprint density at radius 1 is 1.41 bits per heavy atom. The third-order valence-electron chi connectivity index (χ3n) is 2.42. The number of hydrogen-bond acceptors (Lipinski definition) is 4. The first-order valence-electron chi connectivity index (χ1n) is 5.09. The number of hydrogen-bond donors (Lipinski definition) is 0. The van der Waals surface area contributed by atoms with Crippen molar-refractivity contribution in [2.75, 3.05) is 0 Å². The molecule has 0 aromatic heterocycles. The van der Waals surface area contributed by atoms with Crippen LogP contribution in [0.1, 0.15) is 36.5 Å². The van der Waals surface area contributed by atoms with Crippen LogP contribution in [0.3, 0.4) is 0 Å². The number of benzene rings is 1. The summed E-state index contributed by atoms with van der Waals surface area (Å²) in [6.07, 6.45) is 0.103. The summed E-state index contributed by atoms with van der Waals surface area (Å²) in [7, 11) is 0. The lowest BCUT2D eigenvalue weighted by Crippen LogP contribution is -2.01. The fraction of sp³-hybridized carbons (Fsp3) is 0.333. The van der Waals surface area contributed by atoms with Crippen LogP contribution in [0.15, 0.2) is 12.1 Å². The molecule has 0 bridgehead atoms. The van der Waals surface area contributed by atoms with Gasteiger partial charge in [0.2, 0.25) is 0 Å². The predicted octanol–water partition coefficient (Wildman–Crippen LogP) is 2.66. The Balaban J connectivity index is 3.54. The molecule has 0 spiro atoms. The molecule has 0 fully saturated rings. The summed E-state index contributed by atoms with van der Waals surface area (Å²) >= 11 is 0. The molecule has 0 radical (unpaired) electrons. The number of nitriles is 2. The van der Waals surface area contributed by atoms with Crippen LogP contribution in [0.4, 0.5) is 5.69 Å². The number of rotatable bonds is 3. The van der Waals surface area contributed by atoms with E-state index in [1.807, 2.05) is 26.0 Å². The maximum Gasteiger partial charge on any atom is 0.287 e. The molecule has 0 saturated heterocycles. The highest BCUT2D eigenvalue weighted by atomic mass is 16.6. The van der Waals surface area contributed by atoms with E-state index in [0.717, 1.165) is 0 Å². The SMILES string of the molecule is CC(C)c1cc(CC#N)cc([N+](=O)[O-])c1C#N. The van der Waals surface area contributed by atoms with E-state index in [4.69, 9.17) is 10.5 Å². The molecular weight excluding hydrogens is 218 g/mol. The molecule has 5 nitrogen and oxygen atoms in total. The molecule has 0 aliphatic rings. The van der Waals surface area contributed by atoms with Crippen molar-refractivity contribution in [1.29, 1.82) is 10.5 Å². The maximum atomic E-state index is 10.9. The van der Waals surface area contributed by atoms with E-state index in [2.05, 4.69) is 0 Å². The normalized spacial score (nSPS) is 9.71. The summed E-state index contributed by atoms with van der Waals surface area (Å²) in [5.74, 6) is 0.00185. The van der Waals surface area contributed by atoms with Gasteiger partial charge in [0.15, 0.2) is 0 Å². The third-order valence-corrected chi connectivity index (χ3v) is 2.42. The molecule has 1 rings (SSSR count). The molecule has 0 atom stereocenters. The summed E-state index contributed by atoms with van der Waals surface area (Å²) in [4.78, 5) is 10.3. The second-order valence-corrected chi connectivity index (χ2v) is 3.94. The second kappa shape index (κ2) is 5.09. The number of nitrogens with zero attached hydrogens (tertiary/aromatic N) is 3. The topological polar surface area (TPSA) is 90.7 Å². The Kier molecular flexibility index (Phi) is 3.79. The third kappa shape index (κ3) is 2.59. The molecule has 5 heteroatoms. The predicted molar refractivity (Wildman–Crippen MR) is 61.2 cm³/mol. The van der Waals surface area contributed by atoms with Gasteiger partial charge in [-0.1, -0.05) is 19.9 Å². The molecule has 0 amide bonds. The van der Waals surface area contributed by atoms with Crippen molar-refractivity contribution in [3.8, 4) is 12.1 Å². The summed E-state index contributed by atoms with van der Waals surface area (Å²) in [6.45, 7) is 3.71. The van der Waals surface area contributed by atoms with Crippen molar-refractivity contribution in [3.63, 3.8) is 0 Å². The Labute approximate surface area is 99.1 Å². The number of nitro benzene ring substituents is 1. The van der Waals surface area contributed by atoms with Gasteiger partial charge in [0.05, 0.1) is 17.4 Å². The highest BCUT2D eigenvalue weighted by Crippen LogP contribution is 2.29. The monoisotopic (exact) mass is 229 g/mol. The van der Waals surface area contributed by atoms with Crippen LogP contribution in [0.5, 0.6) is 0 Å². The minimum Gasteiger partial charge on any atom is -0.258 e. The molecule has 0 saturated carbocycles. The lowest BCUT2D eigenvalue weighted by atomic mass is 9.93. The number of nitro groups is 1. The lowest BCUT2D eigenvalue weighted by molar-refractivity contribution is -0.385. The minimum atomic E-state index is -0.578. The van der Waals surface area contributed by atoms with E-state index in [1.165, 1.54) is 6.07 Å². The van der Waals surface area contributed by atoms with Crippen LogP contribution in [0.2, 0.25) is 0 Å². The van der Waals surface area contributed by atoms with Gasteiger partial charge in [0.25, 0.3) is 5.69 Å². The highest BCUT2D eigenvalue weighted by Gasteiger charge is 2.20. The van der Waals surface area contributed by atoms with Crippen molar-refractivity contribution in [1.82, 2.24) is 0 Å². The van der Waals surface area contributed by atoms with Gasteiger partial charge in [0, 0.05) is 6.07 Å². The van der Waals surface area contributed by atoms with Gasteiger partial charge < -0.3 is 0 Å². The van der Waals surface area contributed by atoms with E-state index < -0.39 is 4.92 Å². The fourth-order valence-electron chi connectivity index (χ4n) is 1.62. The second-order valence-electron chi connectivity index (χ2n) is 3.94. The van der Waals surface area contributed by atoms with E-state index in [9.17, 15) is 10.1 Å². The Hall–Kier alpha value is -2.40. The molecule has 86 valence electrons. The van der Waals surface area contributed by atoms with E-state index >= 15 is 0 Å². The summed E-state index contributed by atoms with van der Waals surface area (Å²) in [6, 6.07) is 6.81. The Morgan fingerprint density at radius 3 is 2.47 bits per heavy atom. The molecular formula is C12H11N3O2. The maximum absolute atomic E-state index is 10.9. The average Bonchev–Trinajstić information content (AvgIpc) is 2.28. The first kappa shape index (κ1) is 12.7. The van der Waals surface area contributed by atoms with E-state index in [-0.39, 0.29) is 23.6 Å². The van der Waals surface area contributed by atoms with Gasteiger partial charge in [-0.15, -0.1) is 0 Å². The molecule has 0 heterocycles. The largest absolute Gasteiger partial charge is 0.287 e. The summed E-state index contributed by atoms with van der Waals surface area (Å²) in [5, 5.41) is 28.5. The van der Waals surface area contributed by atoms with Crippen molar-refractivity contribution >= 4 is 5.69 Å². The lowest BCUT2D eigenvalue weighted by Gasteiger charge is -2.09. The molecule has 0 N–H and O–H groups in total. The van der Waals surface area contributed by atoms with Crippen LogP contribution in [0, 0.1) is 32.8 Å². The van der Waals surface area contributed by atoms with Crippen LogP contribution >= 0.6 is 0 Å².